The van der Waals surface area contributed by atoms with Crippen molar-refractivity contribution in [3.05, 3.63) is 36.2 Å². The number of hydrogen-bond acceptors (Lipinski definition) is 4. The predicted molar refractivity (Wildman–Crippen MR) is 73.4 cm³/mol. The summed E-state index contributed by atoms with van der Waals surface area (Å²) in [4.78, 5) is 2.29. The van der Waals surface area contributed by atoms with Crippen LogP contribution in [0.4, 0.5) is 0 Å². The molecule has 0 amide bonds. The third kappa shape index (κ3) is 2.84. The first-order valence-electron chi connectivity index (χ1n) is 6.82. The first-order chi connectivity index (χ1) is 9.24. The normalized spacial score (nSPS) is 16.8. The second kappa shape index (κ2) is 5.13. The summed E-state index contributed by atoms with van der Waals surface area (Å²) in [6.45, 7) is 2.99. The van der Waals surface area contributed by atoms with Crippen LogP contribution in [0.15, 0.2) is 34.7 Å². The van der Waals surface area contributed by atoms with Crippen molar-refractivity contribution in [1.82, 2.24) is 15.1 Å². The summed E-state index contributed by atoms with van der Waals surface area (Å²) in [6, 6.07) is 10.5. The van der Waals surface area contributed by atoms with E-state index in [1.807, 2.05) is 30.3 Å². The molecule has 0 N–H and O–H groups in total. The van der Waals surface area contributed by atoms with E-state index in [-0.39, 0.29) is 0 Å². The van der Waals surface area contributed by atoms with Crippen molar-refractivity contribution in [1.29, 1.82) is 0 Å². The lowest BCUT2D eigenvalue weighted by Gasteiger charge is -2.22. The van der Waals surface area contributed by atoms with E-state index in [0.717, 1.165) is 18.0 Å². The van der Waals surface area contributed by atoms with Crippen LogP contribution in [0, 0.1) is 5.92 Å². The summed E-state index contributed by atoms with van der Waals surface area (Å²) in [5, 5.41) is 8.25. The van der Waals surface area contributed by atoms with Gasteiger partial charge in [0.25, 0.3) is 0 Å². The van der Waals surface area contributed by atoms with E-state index in [0.29, 0.717) is 17.8 Å². The van der Waals surface area contributed by atoms with E-state index in [1.165, 1.54) is 12.8 Å². The van der Waals surface area contributed by atoms with E-state index in [9.17, 15) is 0 Å². The Kier molecular flexibility index (Phi) is 3.34. The van der Waals surface area contributed by atoms with Crippen molar-refractivity contribution in [2.45, 2.75) is 32.4 Å². The fraction of sp³-hybridized carbons (Fsp3) is 0.467. The van der Waals surface area contributed by atoms with Gasteiger partial charge in [0.1, 0.15) is 0 Å². The van der Waals surface area contributed by atoms with Crippen LogP contribution in [0.25, 0.3) is 11.5 Å². The lowest BCUT2D eigenvalue weighted by Crippen LogP contribution is -2.30. The smallest absolute Gasteiger partial charge is 0.247 e. The van der Waals surface area contributed by atoms with Crippen molar-refractivity contribution in [2.75, 3.05) is 7.05 Å². The van der Waals surface area contributed by atoms with Crippen LogP contribution in [-0.4, -0.2) is 28.2 Å². The maximum Gasteiger partial charge on any atom is 0.247 e. The average molecular weight is 257 g/mol. The third-order valence-electron chi connectivity index (χ3n) is 3.87. The Hall–Kier alpha value is -1.68. The molecule has 2 aromatic rings. The number of rotatable bonds is 5. The topological polar surface area (TPSA) is 42.2 Å². The molecule has 1 aromatic heterocycles. The minimum Gasteiger partial charge on any atom is -0.419 e. The van der Waals surface area contributed by atoms with Gasteiger partial charge in [-0.1, -0.05) is 18.2 Å². The summed E-state index contributed by atoms with van der Waals surface area (Å²) in [7, 11) is 2.12. The molecule has 1 fully saturated rings. The minimum atomic E-state index is 0.590. The molecule has 1 aliphatic rings. The van der Waals surface area contributed by atoms with Crippen LogP contribution in [0.3, 0.4) is 0 Å². The highest BCUT2D eigenvalue weighted by molar-refractivity contribution is 5.51. The standard InChI is InChI=1S/C15H19N3O/c1-11(12-8-9-12)18(2)10-14-16-17-15(19-14)13-6-4-3-5-7-13/h3-7,11-12H,8-10H2,1-2H3. The van der Waals surface area contributed by atoms with Crippen LogP contribution in [0.1, 0.15) is 25.7 Å². The van der Waals surface area contributed by atoms with Gasteiger partial charge < -0.3 is 4.42 Å². The summed E-state index contributed by atoms with van der Waals surface area (Å²) in [6.07, 6.45) is 2.70. The molecule has 3 rings (SSSR count). The monoisotopic (exact) mass is 257 g/mol. The van der Waals surface area contributed by atoms with E-state index in [1.54, 1.807) is 0 Å². The largest absolute Gasteiger partial charge is 0.419 e. The highest BCUT2D eigenvalue weighted by atomic mass is 16.4. The van der Waals surface area contributed by atoms with Crippen molar-refractivity contribution in [3.63, 3.8) is 0 Å². The van der Waals surface area contributed by atoms with Crippen molar-refractivity contribution in [2.24, 2.45) is 5.92 Å². The van der Waals surface area contributed by atoms with Gasteiger partial charge in [0.05, 0.1) is 6.54 Å². The molecule has 1 aromatic carbocycles. The molecular formula is C15H19N3O. The Bertz CT molecular complexity index is 533. The second-order valence-corrected chi connectivity index (χ2v) is 5.36. The van der Waals surface area contributed by atoms with Crippen LogP contribution in [0.2, 0.25) is 0 Å². The maximum absolute atomic E-state index is 5.73. The van der Waals surface area contributed by atoms with Crippen LogP contribution >= 0.6 is 0 Å². The Morgan fingerprint density at radius 3 is 2.68 bits per heavy atom. The zero-order valence-corrected chi connectivity index (χ0v) is 11.4. The molecule has 19 heavy (non-hydrogen) atoms. The number of hydrogen-bond donors (Lipinski definition) is 0. The van der Waals surface area contributed by atoms with E-state index >= 15 is 0 Å². The molecule has 100 valence electrons. The molecule has 1 saturated carbocycles. The Balaban J connectivity index is 1.68. The molecule has 0 spiro atoms. The SMILES string of the molecule is CC(C1CC1)N(C)Cc1nnc(-c2ccccc2)o1. The Morgan fingerprint density at radius 2 is 2.00 bits per heavy atom. The number of benzene rings is 1. The van der Waals surface area contributed by atoms with Gasteiger partial charge in [0.15, 0.2) is 0 Å². The van der Waals surface area contributed by atoms with Gasteiger partial charge in [0, 0.05) is 11.6 Å². The van der Waals surface area contributed by atoms with E-state index in [2.05, 4.69) is 29.1 Å². The van der Waals surface area contributed by atoms with Gasteiger partial charge >= 0.3 is 0 Å². The molecular weight excluding hydrogens is 238 g/mol. The molecule has 4 heteroatoms. The molecule has 0 saturated heterocycles. The van der Waals surface area contributed by atoms with E-state index < -0.39 is 0 Å². The molecule has 1 atom stereocenters. The van der Waals surface area contributed by atoms with Crippen LogP contribution in [0.5, 0.6) is 0 Å². The van der Waals surface area contributed by atoms with Crippen molar-refractivity contribution >= 4 is 0 Å². The zero-order chi connectivity index (χ0) is 13.2. The highest BCUT2D eigenvalue weighted by Gasteiger charge is 2.30. The van der Waals surface area contributed by atoms with Crippen molar-refractivity contribution < 1.29 is 4.42 Å². The lowest BCUT2D eigenvalue weighted by molar-refractivity contribution is 0.206. The fourth-order valence-corrected chi connectivity index (χ4v) is 2.31. The Labute approximate surface area is 113 Å². The average Bonchev–Trinajstić information content (AvgIpc) is 3.19. The molecule has 1 heterocycles. The Morgan fingerprint density at radius 1 is 1.26 bits per heavy atom. The van der Waals surface area contributed by atoms with Crippen molar-refractivity contribution in [3.8, 4) is 11.5 Å². The van der Waals surface area contributed by atoms with Gasteiger partial charge in [-0.25, -0.2) is 0 Å². The van der Waals surface area contributed by atoms with Crippen LogP contribution < -0.4 is 0 Å². The first-order valence-corrected chi connectivity index (χ1v) is 6.82. The zero-order valence-electron chi connectivity index (χ0n) is 11.4. The highest BCUT2D eigenvalue weighted by Crippen LogP contribution is 2.35. The maximum atomic E-state index is 5.73. The molecule has 0 radical (unpaired) electrons. The number of nitrogens with zero attached hydrogens (tertiary/aromatic N) is 3. The minimum absolute atomic E-state index is 0.590. The number of aromatic nitrogens is 2. The van der Waals surface area contributed by atoms with Gasteiger partial charge in [-0.2, -0.15) is 0 Å². The van der Waals surface area contributed by atoms with Gasteiger partial charge in [-0.15, -0.1) is 10.2 Å². The molecule has 4 nitrogen and oxygen atoms in total. The molecule has 0 bridgehead atoms. The summed E-state index contributed by atoms with van der Waals surface area (Å²) in [5.74, 6) is 2.14. The first kappa shape index (κ1) is 12.4. The second-order valence-electron chi connectivity index (χ2n) is 5.36. The molecule has 0 aliphatic heterocycles. The predicted octanol–water partition coefficient (Wildman–Crippen LogP) is 2.97. The molecule has 1 aliphatic carbocycles. The molecule has 1 unspecified atom stereocenters. The van der Waals surface area contributed by atoms with Gasteiger partial charge in [-0.3, -0.25) is 4.90 Å². The van der Waals surface area contributed by atoms with E-state index in [4.69, 9.17) is 4.42 Å². The van der Waals surface area contributed by atoms with Crippen LogP contribution in [-0.2, 0) is 6.54 Å². The quantitative estimate of drug-likeness (QED) is 0.826. The summed E-state index contributed by atoms with van der Waals surface area (Å²) < 4.78 is 5.73. The fourth-order valence-electron chi connectivity index (χ4n) is 2.31. The van der Waals surface area contributed by atoms with Gasteiger partial charge in [-0.05, 0) is 44.9 Å². The summed E-state index contributed by atoms with van der Waals surface area (Å²) >= 11 is 0. The lowest BCUT2D eigenvalue weighted by atomic mass is 10.2. The third-order valence-corrected chi connectivity index (χ3v) is 3.87. The van der Waals surface area contributed by atoms with Gasteiger partial charge in [0.2, 0.25) is 11.8 Å². The summed E-state index contributed by atoms with van der Waals surface area (Å²) in [5.41, 5.74) is 0.971.